The van der Waals surface area contributed by atoms with Crippen molar-refractivity contribution < 1.29 is 14.3 Å². The first-order valence-electron chi connectivity index (χ1n) is 8.05. The van der Waals surface area contributed by atoms with Crippen LogP contribution in [0.25, 0.3) is 11.0 Å². The second-order valence-electron chi connectivity index (χ2n) is 5.43. The average Bonchev–Trinajstić information content (AvgIpc) is 3.08. The van der Waals surface area contributed by atoms with Crippen LogP contribution in [0.15, 0.2) is 47.4 Å². The SMILES string of the molecule is CCn1nnc2cc(C(=O)OCC(=O)Nc3ccccc3SC)ccc21. The highest BCUT2D eigenvalue weighted by atomic mass is 32.2. The third kappa shape index (κ3) is 3.85. The maximum atomic E-state index is 12.2. The van der Waals surface area contributed by atoms with Gasteiger partial charge in [0.25, 0.3) is 5.91 Å². The number of hydrogen-bond donors (Lipinski definition) is 1. The van der Waals surface area contributed by atoms with Gasteiger partial charge in [0.1, 0.15) is 5.52 Å². The summed E-state index contributed by atoms with van der Waals surface area (Å²) in [4.78, 5) is 25.2. The Morgan fingerprint density at radius 2 is 2.04 bits per heavy atom. The molecule has 8 heteroatoms. The number of anilines is 1. The number of esters is 1. The molecule has 134 valence electrons. The van der Waals surface area contributed by atoms with Crippen LogP contribution in [0.3, 0.4) is 0 Å². The van der Waals surface area contributed by atoms with Crippen LogP contribution in [-0.2, 0) is 16.1 Å². The minimum Gasteiger partial charge on any atom is -0.452 e. The summed E-state index contributed by atoms with van der Waals surface area (Å²) in [5.41, 5.74) is 2.48. The number of aromatic nitrogens is 3. The van der Waals surface area contributed by atoms with Crippen LogP contribution in [0, 0.1) is 0 Å². The fraction of sp³-hybridized carbons (Fsp3) is 0.222. The summed E-state index contributed by atoms with van der Waals surface area (Å²) in [5.74, 6) is -0.968. The predicted octanol–water partition coefficient (Wildman–Crippen LogP) is 2.97. The lowest BCUT2D eigenvalue weighted by molar-refractivity contribution is -0.119. The van der Waals surface area contributed by atoms with Gasteiger partial charge in [0.2, 0.25) is 0 Å². The van der Waals surface area contributed by atoms with Crippen molar-refractivity contribution in [3.63, 3.8) is 0 Å². The van der Waals surface area contributed by atoms with E-state index in [4.69, 9.17) is 4.74 Å². The number of carbonyl (C=O) groups is 2. The van der Waals surface area contributed by atoms with E-state index in [0.29, 0.717) is 23.3 Å². The number of hydrogen-bond acceptors (Lipinski definition) is 6. The Bertz CT molecular complexity index is 955. The largest absolute Gasteiger partial charge is 0.452 e. The molecule has 0 aliphatic rings. The van der Waals surface area contributed by atoms with Crippen LogP contribution < -0.4 is 5.32 Å². The van der Waals surface area contributed by atoms with E-state index in [9.17, 15) is 9.59 Å². The molecule has 0 unspecified atom stereocenters. The van der Waals surface area contributed by atoms with E-state index in [1.807, 2.05) is 31.4 Å². The van der Waals surface area contributed by atoms with Gasteiger partial charge in [-0.3, -0.25) is 4.79 Å². The lowest BCUT2D eigenvalue weighted by atomic mass is 10.2. The predicted molar refractivity (Wildman–Crippen MR) is 100 cm³/mol. The Labute approximate surface area is 154 Å². The van der Waals surface area contributed by atoms with Gasteiger partial charge in [-0.15, -0.1) is 16.9 Å². The lowest BCUT2D eigenvalue weighted by Gasteiger charge is -2.09. The Hall–Kier alpha value is -2.87. The molecule has 3 aromatic rings. The van der Waals surface area contributed by atoms with Crippen molar-refractivity contribution in [1.82, 2.24) is 15.0 Å². The molecule has 0 saturated heterocycles. The maximum absolute atomic E-state index is 12.2. The van der Waals surface area contributed by atoms with Crippen molar-refractivity contribution in [2.45, 2.75) is 18.4 Å². The molecule has 1 aromatic heterocycles. The first-order valence-corrected chi connectivity index (χ1v) is 9.28. The fourth-order valence-corrected chi connectivity index (χ4v) is 3.03. The number of aryl methyl sites for hydroxylation is 1. The van der Waals surface area contributed by atoms with Gasteiger partial charge in [0.05, 0.1) is 16.8 Å². The van der Waals surface area contributed by atoms with Crippen LogP contribution in [0.1, 0.15) is 17.3 Å². The molecule has 1 amide bonds. The Morgan fingerprint density at radius 1 is 1.23 bits per heavy atom. The first-order chi connectivity index (χ1) is 12.6. The number of rotatable bonds is 6. The highest BCUT2D eigenvalue weighted by Gasteiger charge is 2.13. The van der Waals surface area contributed by atoms with Gasteiger partial charge >= 0.3 is 5.97 Å². The topological polar surface area (TPSA) is 86.1 Å². The van der Waals surface area contributed by atoms with Crippen LogP contribution in [-0.4, -0.2) is 39.7 Å². The fourth-order valence-electron chi connectivity index (χ4n) is 2.48. The highest BCUT2D eigenvalue weighted by molar-refractivity contribution is 7.98. The molecule has 0 bridgehead atoms. The molecular formula is C18H18N4O3S. The molecule has 7 nitrogen and oxygen atoms in total. The summed E-state index contributed by atoms with van der Waals surface area (Å²) >= 11 is 1.53. The smallest absolute Gasteiger partial charge is 0.338 e. The summed E-state index contributed by atoms with van der Waals surface area (Å²) in [5, 5.41) is 10.8. The average molecular weight is 370 g/mol. The van der Waals surface area contributed by atoms with Crippen molar-refractivity contribution in [2.24, 2.45) is 0 Å². The lowest BCUT2D eigenvalue weighted by Crippen LogP contribution is -2.21. The second-order valence-corrected chi connectivity index (χ2v) is 6.28. The van der Waals surface area contributed by atoms with E-state index < -0.39 is 11.9 Å². The molecule has 26 heavy (non-hydrogen) atoms. The number of fused-ring (bicyclic) bond motifs is 1. The zero-order valence-electron chi connectivity index (χ0n) is 14.4. The van der Waals surface area contributed by atoms with E-state index in [-0.39, 0.29) is 6.61 Å². The minimum absolute atomic E-state index is 0.331. The van der Waals surface area contributed by atoms with Crippen LogP contribution in [0.5, 0.6) is 0 Å². The van der Waals surface area contributed by atoms with Gasteiger partial charge in [0.15, 0.2) is 6.61 Å². The zero-order valence-corrected chi connectivity index (χ0v) is 15.2. The van der Waals surface area contributed by atoms with E-state index in [1.165, 1.54) is 11.8 Å². The van der Waals surface area contributed by atoms with Crippen molar-refractivity contribution in [3.05, 3.63) is 48.0 Å². The number of benzene rings is 2. The number of nitrogens with zero attached hydrogens (tertiary/aromatic N) is 3. The van der Waals surface area contributed by atoms with Crippen LogP contribution >= 0.6 is 11.8 Å². The Balaban J connectivity index is 1.62. The third-order valence-electron chi connectivity index (χ3n) is 3.76. The molecule has 0 aliphatic heterocycles. The number of ether oxygens (including phenoxy) is 1. The standard InChI is InChI=1S/C18H18N4O3S/c1-3-22-15-9-8-12(10-14(15)20-21-22)18(24)25-11-17(23)19-13-6-4-5-7-16(13)26-2/h4-10H,3,11H2,1-2H3,(H,19,23). The molecule has 0 aliphatic carbocycles. The van der Waals surface area contributed by atoms with E-state index in [2.05, 4.69) is 15.6 Å². The van der Waals surface area contributed by atoms with Crippen LogP contribution in [0.2, 0.25) is 0 Å². The molecular weight excluding hydrogens is 352 g/mol. The van der Waals surface area contributed by atoms with Gasteiger partial charge in [-0.1, -0.05) is 17.3 Å². The van der Waals surface area contributed by atoms with Crippen molar-refractivity contribution in [2.75, 3.05) is 18.2 Å². The Kier molecular flexibility index (Phi) is 5.52. The first kappa shape index (κ1) is 17.9. The normalized spacial score (nSPS) is 10.7. The molecule has 0 spiro atoms. The number of amides is 1. The molecule has 3 rings (SSSR count). The van der Waals surface area contributed by atoms with E-state index in [1.54, 1.807) is 28.9 Å². The minimum atomic E-state index is -0.578. The zero-order chi connectivity index (χ0) is 18.5. The molecule has 1 N–H and O–H groups in total. The van der Waals surface area contributed by atoms with E-state index >= 15 is 0 Å². The highest BCUT2D eigenvalue weighted by Crippen LogP contribution is 2.24. The monoisotopic (exact) mass is 370 g/mol. The van der Waals surface area contributed by atoms with Gasteiger partial charge in [-0.05, 0) is 43.5 Å². The van der Waals surface area contributed by atoms with Crippen molar-refractivity contribution in [3.8, 4) is 0 Å². The second kappa shape index (κ2) is 8.01. The van der Waals surface area contributed by atoms with Gasteiger partial charge in [0, 0.05) is 11.4 Å². The molecule has 2 aromatic carbocycles. The van der Waals surface area contributed by atoms with Crippen molar-refractivity contribution in [1.29, 1.82) is 0 Å². The molecule has 1 heterocycles. The quantitative estimate of drug-likeness (QED) is 0.530. The molecule has 0 fully saturated rings. The van der Waals surface area contributed by atoms with Gasteiger partial charge < -0.3 is 10.1 Å². The number of para-hydroxylation sites is 1. The van der Waals surface area contributed by atoms with Crippen molar-refractivity contribution >= 4 is 40.4 Å². The summed E-state index contributed by atoms with van der Waals surface area (Å²) in [6, 6.07) is 12.5. The van der Waals surface area contributed by atoms with E-state index in [0.717, 1.165) is 10.4 Å². The summed E-state index contributed by atoms with van der Waals surface area (Å²) < 4.78 is 6.84. The summed E-state index contributed by atoms with van der Waals surface area (Å²) in [6.45, 7) is 2.29. The summed E-state index contributed by atoms with van der Waals surface area (Å²) in [7, 11) is 0. The number of thioether (sulfide) groups is 1. The molecule has 0 radical (unpaired) electrons. The number of carbonyl (C=O) groups excluding carboxylic acids is 2. The maximum Gasteiger partial charge on any atom is 0.338 e. The van der Waals surface area contributed by atoms with Gasteiger partial charge in [-0.2, -0.15) is 0 Å². The molecule has 0 atom stereocenters. The Morgan fingerprint density at radius 3 is 2.81 bits per heavy atom. The molecule has 0 saturated carbocycles. The van der Waals surface area contributed by atoms with Gasteiger partial charge in [-0.25, -0.2) is 9.48 Å². The number of nitrogens with one attached hydrogen (secondary N) is 1. The summed E-state index contributed by atoms with van der Waals surface area (Å²) in [6.07, 6.45) is 1.93. The third-order valence-corrected chi connectivity index (χ3v) is 4.56. The van der Waals surface area contributed by atoms with Crippen LogP contribution in [0.4, 0.5) is 5.69 Å².